The molecule has 1 heterocycles. The Hall–Kier alpha value is -0.920. The van der Waals surface area contributed by atoms with Crippen molar-refractivity contribution in [3.63, 3.8) is 0 Å². The first-order valence-electron chi connectivity index (χ1n) is 7.37. The summed E-state index contributed by atoms with van der Waals surface area (Å²) in [6, 6.07) is 0.506. The van der Waals surface area contributed by atoms with Crippen molar-refractivity contribution in [3.05, 3.63) is 17.0 Å². The maximum Gasteiger partial charge on any atom is 0.148 e. The van der Waals surface area contributed by atoms with Gasteiger partial charge in [-0.1, -0.05) is 0 Å². The lowest BCUT2D eigenvalue weighted by Crippen LogP contribution is -2.31. The van der Waals surface area contributed by atoms with E-state index in [1.165, 1.54) is 6.26 Å². The first kappa shape index (κ1) is 16.5. The number of hydrogen-bond donors (Lipinski definition) is 1. The number of sulfone groups is 1. The third-order valence-corrected chi connectivity index (χ3v) is 4.94. The van der Waals surface area contributed by atoms with Gasteiger partial charge in [0.2, 0.25) is 0 Å². The number of hydrogen-bond acceptors (Lipinski definition) is 5. The highest BCUT2D eigenvalue weighted by atomic mass is 32.2. The van der Waals surface area contributed by atoms with Crippen LogP contribution in [-0.2, 0) is 22.9 Å². The molecule has 0 amide bonds. The molecule has 0 unspecified atom stereocenters. The number of rotatable bonds is 8. The molecule has 1 N–H and O–H groups in total. The summed E-state index contributed by atoms with van der Waals surface area (Å²) >= 11 is 0. The molecule has 6 nitrogen and oxygen atoms in total. The smallest absolute Gasteiger partial charge is 0.148 e. The van der Waals surface area contributed by atoms with Crippen molar-refractivity contribution in [2.75, 3.05) is 25.2 Å². The molecule has 0 saturated heterocycles. The summed E-state index contributed by atoms with van der Waals surface area (Å²) in [5.41, 5.74) is 3.18. The molecule has 0 radical (unpaired) electrons. The molecular weight excluding hydrogens is 290 g/mol. The number of aliphatic hydroxyl groups excluding tert-OH is 1. The Morgan fingerprint density at radius 2 is 2.05 bits per heavy atom. The molecule has 1 aromatic rings. The zero-order chi connectivity index (χ0) is 15.6. The maximum absolute atomic E-state index is 11.4. The standard InChI is InChI=1S/C14H25N3O3S/c1-11-14(12(2)17(15-11)6-8-18)10-16(13-4-5-13)7-9-21(3,19)20/h13,18H,4-10H2,1-3H3. The van der Waals surface area contributed by atoms with Crippen molar-refractivity contribution in [3.8, 4) is 0 Å². The van der Waals surface area contributed by atoms with Gasteiger partial charge in [-0.2, -0.15) is 5.10 Å². The Labute approximate surface area is 126 Å². The fraction of sp³-hybridized carbons (Fsp3) is 0.786. The van der Waals surface area contributed by atoms with Crippen molar-refractivity contribution in [1.29, 1.82) is 0 Å². The average Bonchev–Trinajstić information content (AvgIpc) is 3.17. The van der Waals surface area contributed by atoms with Crippen molar-refractivity contribution in [1.82, 2.24) is 14.7 Å². The predicted molar refractivity (Wildman–Crippen MR) is 81.9 cm³/mol. The van der Waals surface area contributed by atoms with Gasteiger partial charge in [-0.05, 0) is 26.7 Å². The number of aryl methyl sites for hydroxylation is 1. The molecule has 120 valence electrons. The van der Waals surface area contributed by atoms with E-state index in [1.54, 1.807) is 0 Å². The number of aromatic nitrogens is 2. The minimum Gasteiger partial charge on any atom is -0.394 e. The largest absolute Gasteiger partial charge is 0.394 e. The summed E-state index contributed by atoms with van der Waals surface area (Å²) in [4.78, 5) is 2.25. The Morgan fingerprint density at radius 1 is 1.38 bits per heavy atom. The summed E-state index contributed by atoms with van der Waals surface area (Å²) in [6.45, 7) is 5.86. The van der Waals surface area contributed by atoms with Crippen LogP contribution in [0.15, 0.2) is 0 Å². The lowest BCUT2D eigenvalue weighted by atomic mass is 10.2. The highest BCUT2D eigenvalue weighted by Gasteiger charge is 2.30. The zero-order valence-corrected chi connectivity index (χ0v) is 13.9. The maximum atomic E-state index is 11.4. The van der Waals surface area contributed by atoms with Gasteiger partial charge in [0.25, 0.3) is 0 Å². The fourth-order valence-electron chi connectivity index (χ4n) is 2.59. The predicted octanol–water partition coefficient (Wildman–Crippen LogP) is 0.501. The molecule has 0 aromatic carbocycles. The summed E-state index contributed by atoms with van der Waals surface area (Å²) in [5, 5.41) is 13.5. The normalized spacial score (nSPS) is 15.9. The van der Waals surface area contributed by atoms with Gasteiger partial charge in [0.1, 0.15) is 9.84 Å². The van der Waals surface area contributed by atoms with Gasteiger partial charge in [0.15, 0.2) is 0 Å². The van der Waals surface area contributed by atoms with E-state index < -0.39 is 9.84 Å². The van der Waals surface area contributed by atoms with Gasteiger partial charge in [0, 0.05) is 36.6 Å². The molecule has 1 aliphatic rings. The van der Waals surface area contributed by atoms with Crippen molar-refractivity contribution < 1.29 is 13.5 Å². The van der Waals surface area contributed by atoms with Crippen LogP contribution < -0.4 is 0 Å². The average molecular weight is 315 g/mol. The van der Waals surface area contributed by atoms with E-state index in [9.17, 15) is 8.42 Å². The van der Waals surface area contributed by atoms with Crippen molar-refractivity contribution in [2.45, 2.75) is 45.8 Å². The Balaban J connectivity index is 2.10. The Kier molecular flexibility index (Phi) is 5.06. The van der Waals surface area contributed by atoms with Gasteiger partial charge in [-0.15, -0.1) is 0 Å². The fourth-order valence-corrected chi connectivity index (χ4v) is 3.16. The van der Waals surface area contributed by atoms with Crippen LogP contribution in [-0.4, -0.2) is 59.4 Å². The minimum atomic E-state index is -2.94. The molecule has 21 heavy (non-hydrogen) atoms. The highest BCUT2D eigenvalue weighted by Crippen LogP contribution is 2.29. The van der Waals surface area contributed by atoms with Crippen LogP contribution in [0.2, 0.25) is 0 Å². The van der Waals surface area contributed by atoms with Crippen LogP contribution in [0.25, 0.3) is 0 Å². The molecule has 1 fully saturated rings. The van der Waals surface area contributed by atoms with E-state index in [0.717, 1.165) is 36.3 Å². The number of nitrogens with zero attached hydrogens (tertiary/aromatic N) is 3. The van der Waals surface area contributed by atoms with Crippen molar-refractivity contribution >= 4 is 9.84 Å². The molecule has 0 bridgehead atoms. The Bertz CT molecular complexity index is 591. The summed E-state index contributed by atoms with van der Waals surface area (Å²) in [7, 11) is -2.94. The molecule has 1 aromatic heterocycles. The monoisotopic (exact) mass is 315 g/mol. The van der Waals surface area contributed by atoms with Crippen LogP contribution in [0.4, 0.5) is 0 Å². The van der Waals surface area contributed by atoms with Crippen LogP contribution in [0.1, 0.15) is 29.8 Å². The van der Waals surface area contributed by atoms with Gasteiger partial charge in [-0.25, -0.2) is 8.42 Å². The Morgan fingerprint density at radius 3 is 2.57 bits per heavy atom. The molecule has 0 atom stereocenters. The van der Waals surface area contributed by atoms with Crippen LogP contribution in [0, 0.1) is 13.8 Å². The van der Waals surface area contributed by atoms with Gasteiger partial charge in [-0.3, -0.25) is 9.58 Å². The van der Waals surface area contributed by atoms with E-state index in [4.69, 9.17) is 5.11 Å². The third kappa shape index (κ3) is 4.52. The molecule has 1 aliphatic carbocycles. The number of aliphatic hydroxyl groups is 1. The van der Waals surface area contributed by atoms with E-state index in [2.05, 4.69) is 10.00 Å². The minimum absolute atomic E-state index is 0.0712. The molecule has 0 aliphatic heterocycles. The quantitative estimate of drug-likeness (QED) is 0.756. The van der Waals surface area contributed by atoms with Crippen LogP contribution in [0.5, 0.6) is 0 Å². The van der Waals surface area contributed by atoms with E-state index in [0.29, 0.717) is 19.1 Å². The van der Waals surface area contributed by atoms with Gasteiger partial charge in [0.05, 0.1) is 24.6 Å². The van der Waals surface area contributed by atoms with Gasteiger partial charge >= 0.3 is 0 Å². The van der Waals surface area contributed by atoms with E-state index >= 15 is 0 Å². The SMILES string of the molecule is Cc1nn(CCO)c(C)c1CN(CCS(C)(=O)=O)C1CC1. The summed E-state index contributed by atoms with van der Waals surface area (Å²) in [5.74, 6) is 0.201. The highest BCUT2D eigenvalue weighted by molar-refractivity contribution is 7.90. The van der Waals surface area contributed by atoms with Gasteiger partial charge < -0.3 is 5.11 Å². The van der Waals surface area contributed by atoms with Crippen LogP contribution >= 0.6 is 0 Å². The second kappa shape index (κ2) is 6.46. The van der Waals surface area contributed by atoms with Crippen molar-refractivity contribution in [2.24, 2.45) is 0 Å². The molecular formula is C14H25N3O3S. The topological polar surface area (TPSA) is 75.4 Å². The molecule has 7 heteroatoms. The lowest BCUT2D eigenvalue weighted by molar-refractivity contribution is 0.264. The summed E-state index contributed by atoms with van der Waals surface area (Å²) in [6.07, 6.45) is 3.58. The van der Waals surface area contributed by atoms with E-state index in [-0.39, 0.29) is 12.4 Å². The summed E-state index contributed by atoms with van der Waals surface area (Å²) < 4.78 is 24.6. The van der Waals surface area contributed by atoms with Crippen LogP contribution in [0.3, 0.4) is 0 Å². The second-order valence-corrected chi connectivity index (χ2v) is 8.19. The first-order valence-corrected chi connectivity index (χ1v) is 9.43. The lowest BCUT2D eigenvalue weighted by Gasteiger charge is -2.21. The zero-order valence-electron chi connectivity index (χ0n) is 13.0. The van der Waals surface area contributed by atoms with E-state index in [1.807, 2.05) is 18.5 Å². The molecule has 1 saturated carbocycles. The second-order valence-electron chi connectivity index (χ2n) is 5.93. The molecule has 0 spiro atoms. The first-order chi connectivity index (χ1) is 9.81. The third-order valence-electron chi connectivity index (χ3n) is 4.02. The molecule has 2 rings (SSSR count).